The second-order valence-corrected chi connectivity index (χ2v) is 7.29. The van der Waals surface area contributed by atoms with Gasteiger partial charge in [-0.25, -0.2) is 0 Å². The first-order chi connectivity index (χ1) is 15.0. The predicted octanol–water partition coefficient (Wildman–Crippen LogP) is 5.17. The molecule has 1 N–H and O–H groups in total. The van der Waals surface area contributed by atoms with Crippen molar-refractivity contribution in [3.8, 4) is 5.75 Å². The van der Waals surface area contributed by atoms with Crippen molar-refractivity contribution in [3.05, 3.63) is 95.1 Å². The molecule has 0 aliphatic heterocycles. The van der Waals surface area contributed by atoms with Crippen LogP contribution in [0.15, 0.2) is 72.8 Å². The molecule has 0 aromatic heterocycles. The van der Waals surface area contributed by atoms with Gasteiger partial charge in [0.05, 0.1) is 18.7 Å². The topological polar surface area (TPSA) is 64.6 Å². The highest BCUT2D eigenvalue weighted by molar-refractivity contribution is 5.97. The van der Waals surface area contributed by atoms with Crippen molar-refractivity contribution in [2.75, 3.05) is 11.9 Å². The molecule has 1 amide bonds. The lowest BCUT2D eigenvalue weighted by Gasteiger charge is -2.19. The Hall–Kier alpha value is -3.60. The molecule has 0 saturated heterocycles. The molecule has 160 valence electrons. The van der Waals surface area contributed by atoms with E-state index in [1.54, 1.807) is 42.5 Å². The van der Waals surface area contributed by atoms with E-state index in [1.807, 2.05) is 51.1 Å². The summed E-state index contributed by atoms with van der Waals surface area (Å²) in [6.45, 7) is 6.37. The van der Waals surface area contributed by atoms with Crippen LogP contribution in [0.4, 0.5) is 5.69 Å². The van der Waals surface area contributed by atoms with Gasteiger partial charge in [0.1, 0.15) is 5.75 Å². The fraction of sp³-hybridized carbons (Fsp3) is 0.231. The monoisotopic (exact) mass is 417 g/mol. The van der Waals surface area contributed by atoms with Crippen molar-refractivity contribution in [2.24, 2.45) is 0 Å². The number of hydrogen-bond acceptors (Lipinski definition) is 4. The number of esters is 1. The fourth-order valence-electron chi connectivity index (χ4n) is 3.20. The molecule has 0 unspecified atom stereocenters. The van der Waals surface area contributed by atoms with E-state index in [4.69, 9.17) is 9.47 Å². The lowest BCUT2D eigenvalue weighted by Crippen LogP contribution is -2.26. The summed E-state index contributed by atoms with van der Waals surface area (Å²) in [5, 5.41) is 2.84. The second kappa shape index (κ2) is 10.4. The number of ether oxygens (including phenoxy) is 2. The SMILES string of the molecule is CCOc1ccccc1NC(=O)[C@@H](OC(=O)Cc1ccc(C)c(C)c1)c1ccccc1. The van der Waals surface area contributed by atoms with Crippen molar-refractivity contribution in [3.63, 3.8) is 0 Å². The first kappa shape index (κ1) is 22.1. The van der Waals surface area contributed by atoms with Crippen LogP contribution in [-0.2, 0) is 20.7 Å². The van der Waals surface area contributed by atoms with Gasteiger partial charge < -0.3 is 14.8 Å². The zero-order valence-corrected chi connectivity index (χ0v) is 18.1. The van der Waals surface area contributed by atoms with Crippen LogP contribution >= 0.6 is 0 Å². The molecule has 0 aliphatic carbocycles. The summed E-state index contributed by atoms with van der Waals surface area (Å²) in [6.07, 6.45) is -0.984. The van der Waals surface area contributed by atoms with E-state index in [-0.39, 0.29) is 6.42 Å². The van der Waals surface area contributed by atoms with Crippen molar-refractivity contribution in [1.29, 1.82) is 0 Å². The zero-order valence-electron chi connectivity index (χ0n) is 18.1. The molecule has 31 heavy (non-hydrogen) atoms. The van der Waals surface area contributed by atoms with Gasteiger partial charge >= 0.3 is 5.97 Å². The Morgan fingerprint density at radius 2 is 1.61 bits per heavy atom. The molecule has 3 rings (SSSR count). The highest BCUT2D eigenvalue weighted by Crippen LogP contribution is 2.27. The first-order valence-electron chi connectivity index (χ1n) is 10.3. The normalized spacial score (nSPS) is 11.5. The lowest BCUT2D eigenvalue weighted by molar-refractivity contribution is -0.154. The van der Waals surface area contributed by atoms with Gasteiger partial charge in [0.25, 0.3) is 5.91 Å². The van der Waals surface area contributed by atoms with Crippen LogP contribution < -0.4 is 10.1 Å². The molecule has 0 radical (unpaired) electrons. The van der Waals surface area contributed by atoms with Gasteiger partial charge in [-0.2, -0.15) is 0 Å². The molecular weight excluding hydrogens is 390 g/mol. The van der Waals surface area contributed by atoms with Gasteiger partial charge in [-0.05, 0) is 49.6 Å². The van der Waals surface area contributed by atoms with Gasteiger partial charge in [-0.1, -0.05) is 60.7 Å². The minimum absolute atomic E-state index is 0.0905. The molecule has 0 heterocycles. The van der Waals surface area contributed by atoms with Crippen molar-refractivity contribution in [2.45, 2.75) is 33.3 Å². The van der Waals surface area contributed by atoms with Crippen LogP contribution in [0.5, 0.6) is 5.75 Å². The summed E-state index contributed by atoms with van der Waals surface area (Å²) in [6, 6.07) is 22.0. The van der Waals surface area contributed by atoms with E-state index in [9.17, 15) is 9.59 Å². The minimum Gasteiger partial charge on any atom is -0.492 e. The average Bonchev–Trinajstić information content (AvgIpc) is 2.77. The Labute approximate surface area is 183 Å². The van der Waals surface area contributed by atoms with Gasteiger partial charge in [-0.3, -0.25) is 9.59 Å². The third-order valence-corrected chi connectivity index (χ3v) is 4.95. The maximum absolute atomic E-state index is 13.1. The molecule has 0 aliphatic rings. The highest BCUT2D eigenvalue weighted by Gasteiger charge is 2.26. The molecular formula is C26H27NO4. The minimum atomic E-state index is -1.07. The van der Waals surface area contributed by atoms with Crippen LogP contribution in [0.2, 0.25) is 0 Å². The molecule has 3 aromatic rings. The summed E-state index contributed by atoms with van der Waals surface area (Å²) in [5.41, 5.74) is 4.24. The number of anilines is 1. The van der Waals surface area contributed by atoms with E-state index in [0.29, 0.717) is 23.6 Å². The number of rotatable bonds is 8. The first-order valence-corrected chi connectivity index (χ1v) is 10.3. The number of amides is 1. The van der Waals surface area contributed by atoms with Crippen molar-refractivity contribution >= 4 is 17.6 Å². The Morgan fingerprint density at radius 3 is 2.32 bits per heavy atom. The summed E-state index contributed by atoms with van der Waals surface area (Å²) < 4.78 is 11.2. The van der Waals surface area contributed by atoms with E-state index >= 15 is 0 Å². The molecule has 0 saturated carbocycles. The maximum Gasteiger partial charge on any atom is 0.311 e. The lowest BCUT2D eigenvalue weighted by atomic mass is 10.0. The van der Waals surface area contributed by atoms with Crippen LogP contribution in [0.25, 0.3) is 0 Å². The number of para-hydroxylation sites is 2. The number of hydrogen-bond donors (Lipinski definition) is 1. The van der Waals surface area contributed by atoms with E-state index in [0.717, 1.165) is 16.7 Å². The van der Waals surface area contributed by atoms with Crippen molar-refractivity contribution < 1.29 is 19.1 Å². The predicted molar refractivity (Wildman–Crippen MR) is 121 cm³/mol. The molecule has 5 nitrogen and oxygen atoms in total. The van der Waals surface area contributed by atoms with Crippen LogP contribution in [0.3, 0.4) is 0 Å². The van der Waals surface area contributed by atoms with Gasteiger partial charge in [0.2, 0.25) is 6.10 Å². The van der Waals surface area contributed by atoms with Crippen LogP contribution in [-0.4, -0.2) is 18.5 Å². The maximum atomic E-state index is 13.1. The number of nitrogens with one attached hydrogen (secondary N) is 1. The Kier molecular flexibility index (Phi) is 7.44. The quantitative estimate of drug-likeness (QED) is 0.514. The molecule has 0 spiro atoms. The van der Waals surface area contributed by atoms with Crippen LogP contribution in [0.1, 0.15) is 35.3 Å². The number of aryl methyl sites for hydroxylation is 2. The number of carbonyl (C=O) groups excluding carboxylic acids is 2. The molecule has 3 aromatic carbocycles. The summed E-state index contributed by atoms with van der Waals surface area (Å²) in [5.74, 6) is -0.344. The number of benzene rings is 3. The smallest absolute Gasteiger partial charge is 0.311 e. The molecule has 0 bridgehead atoms. The Bertz CT molecular complexity index is 1050. The van der Waals surface area contributed by atoms with E-state index in [2.05, 4.69) is 5.32 Å². The van der Waals surface area contributed by atoms with Gasteiger partial charge in [0.15, 0.2) is 0 Å². The fourth-order valence-corrected chi connectivity index (χ4v) is 3.20. The number of carbonyl (C=O) groups is 2. The highest BCUT2D eigenvalue weighted by atomic mass is 16.5. The summed E-state index contributed by atoms with van der Waals surface area (Å²) in [7, 11) is 0. The summed E-state index contributed by atoms with van der Waals surface area (Å²) in [4.78, 5) is 25.8. The second-order valence-electron chi connectivity index (χ2n) is 7.29. The Balaban J connectivity index is 1.79. The van der Waals surface area contributed by atoms with E-state index < -0.39 is 18.0 Å². The van der Waals surface area contributed by atoms with Crippen molar-refractivity contribution in [1.82, 2.24) is 0 Å². The zero-order chi connectivity index (χ0) is 22.2. The Morgan fingerprint density at radius 1 is 0.903 bits per heavy atom. The largest absolute Gasteiger partial charge is 0.492 e. The summed E-state index contributed by atoms with van der Waals surface area (Å²) >= 11 is 0. The average molecular weight is 418 g/mol. The molecule has 0 fully saturated rings. The van der Waals surface area contributed by atoms with Crippen LogP contribution in [0, 0.1) is 13.8 Å². The van der Waals surface area contributed by atoms with Gasteiger partial charge in [0, 0.05) is 5.56 Å². The standard InChI is InChI=1S/C26H27NO4/c1-4-30-23-13-9-8-12-22(23)27-26(29)25(21-10-6-5-7-11-21)31-24(28)17-20-15-14-18(2)19(3)16-20/h5-16,25H,4,17H2,1-3H3,(H,27,29)/t25-/m0/s1. The third-order valence-electron chi connectivity index (χ3n) is 4.95. The van der Waals surface area contributed by atoms with Gasteiger partial charge in [-0.15, -0.1) is 0 Å². The van der Waals surface area contributed by atoms with E-state index in [1.165, 1.54) is 0 Å². The molecule has 1 atom stereocenters. The third kappa shape index (κ3) is 5.95. The molecule has 5 heteroatoms.